The van der Waals surface area contributed by atoms with Crippen LogP contribution in [0.25, 0.3) is 0 Å². The molecule has 0 spiro atoms. The Hall–Kier alpha value is -3.07. The molecule has 0 unspecified atom stereocenters. The van der Waals surface area contributed by atoms with Crippen LogP contribution in [0.3, 0.4) is 0 Å². The first kappa shape index (κ1) is 14.3. The molecule has 0 bridgehead atoms. The van der Waals surface area contributed by atoms with Crippen LogP contribution in [0, 0.1) is 11.3 Å². The molecular weight excluding hydrogens is 270 g/mol. The Morgan fingerprint density at radius 3 is 2.62 bits per heavy atom. The van der Waals surface area contributed by atoms with Crippen molar-refractivity contribution in [3.8, 4) is 23.4 Å². The predicted molar refractivity (Wildman–Crippen MR) is 75.0 cm³/mol. The topological polar surface area (TPSA) is 84.2 Å². The number of aromatic nitrogens is 1. The third-order valence-corrected chi connectivity index (χ3v) is 2.53. The van der Waals surface area contributed by atoms with E-state index >= 15 is 0 Å². The maximum atomic E-state index is 11.1. The zero-order chi connectivity index (χ0) is 15.1. The molecule has 1 aromatic heterocycles. The Balaban J connectivity index is 1.99. The predicted octanol–water partition coefficient (Wildman–Crippen LogP) is 1.87. The first-order valence-electron chi connectivity index (χ1n) is 6.19. The summed E-state index contributed by atoms with van der Waals surface area (Å²) in [6, 6.07) is 13.7. The van der Waals surface area contributed by atoms with Crippen molar-refractivity contribution < 1.29 is 14.3 Å². The summed E-state index contributed by atoms with van der Waals surface area (Å²) in [5, 5.41) is 11.2. The van der Waals surface area contributed by atoms with Crippen LogP contribution in [-0.4, -0.2) is 24.5 Å². The number of nitriles is 1. The summed E-state index contributed by atoms with van der Waals surface area (Å²) in [5.74, 6) is 1.26. The van der Waals surface area contributed by atoms with E-state index in [0.717, 1.165) is 0 Å². The number of nitrogens with zero attached hydrogens (tertiary/aromatic N) is 2. The number of likely N-dealkylation sites (N-methyl/N-ethyl adjacent to an activating group) is 1. The number of rotatable bonds is 5. The molecule has 1 amide bonds. The van der Waals surface area contributed by atoms with Gasteiger partial charge < -0.3 is 14.8 Å². The van der Waals surface area contributed by atoms with Crippen LogP contribution >= 0.6 is 0 Å². The van der Waals surface area contributed by atoms with Crippen molar-refractivity contribution in [3.05, 3.63) is 48.2 Å². The second-order valence-electron chi connectivity index (χ2n) is 4.01. The second kappa shape index (κ2) is 6.91. The molecule has 0 saturated carbocycles. The number of carbonyl (C=O) groups excluding carboxylic acids is 1. The molecule has 0 aliphatic heterocycles. The fourth-order valence-corrected chi connectivity index (χ4v) is 1.48. The summed E-state index contributed by atoms with van der Waals surface area (Å²) in [6.07, 6.45) is 0. The minimum atomic E-state index is -0.201. The summed E-state index contributed by atoms with van der Waals surface area (Å²) in [5.41, 5.74) is 0.290. The highest BCUT2D eigenvalue weighted by atomic mass is 16.5. The Morgan fingerprint density at radius 1 is 1.24 bits per heavy atom. The van der Waals surface area contributed by atoms with Gasteiger partial charge in [-0.3, -0.25) is 4.79 Å². The monoisotopic (exact) mass is 283 g/mol. The molecule has 21 heavy (non-hydrogen) atoms. The molecule has 0 radical (unpaired) electrons. The summed E-state index contributed by atoms with van der Waals surface area (Å²) < 4.78 is 10.8. The molecule has 0 fully saturated rings. The van der Waals surface area contributed by atoms with Crippen LogP contribution in [0.4, 0.5) is 0 Å². The van der Waals surface area contributed by atoms with E-state index < -0.39 is 0 Å². The first-order valence-corrected chi connectivity index (χ1v) is 6.19. The number of nitrogens with one attached hydrogen (secondary N) is 1. The largest absolute Gasteiger partial charge is 0.484 e. The van der Waals surface area contributed by atoms with E-state index in [9.17, 15) is 4.79 Å². The lowest BCUT2D eigenvalue weighted by atomic mass is 10.3. The van der Waals surface area contributed by atoms with Gasteiger partial charge in [0.2, 0.25) is 5.88 Å². The SMILES string of the molecule is CNC(=O)COc1ccc(Oc2cccc(C#N)n2)cc1. The zero-order valence-electron chi connectivity index (χ0n) is 11.4. The fraction of sp³-hybridized carbons (Fsp3) is 0.133. The number of pyridine rings is 1. The molecule has 106 valence electrons. The first-order chi connectivity index (χ1) is 10.2. The van der Waals surface area contributed by atoms with Crippen LogP contribution in [-0.2, 0) is 4.79 Å². The standard InChI is InChI=1S/C15H13N3O3/c1-17-14(19)10-20-12-5-7-13(8-6-12)21-15-4-2-3-11(9-16)18-15/h2-8H,10H2,1H3,(H,17,19). The molecule has 0 atom stereocenters. The smallest absolute Gasteiger partial charge is 0.257 e. The zero-order valence-corrected chi connectivity index (χ0v) is 11.4. The average molecular weight is 283 g/mol. The molecule has 1 N–H and O–H groups in total. The molecule has 6 nitrogen and oxygen atoms in total. The van der Waals surface area contributed by atoms with E-state index in [1.165, 1.54) is 0 Å². The van der Waals surface area contributed by atoms with Crippen molar-refractivity contribution in [1.82, 2.24) is 10.3 Å². The van der Waals surface area contributed by atoms with Crippen molar-refractivity contribution in [3.63, 3.8) is 0 Å². The average Bonchev–Trinajstić information content (AvgIpc) is 2.54. The minimum absolute atomic E-state index is 0.0392. The van der Waals surface area contributed by atoms with Crippen molar-refractivity contribution in [1.29, 1.82) is 5.26 Å². The maximum absolute atomic E-state index is 11.1. The van der Waals surface area contributed by atoms with Gasteiger partial charge >= 0.3 is 0 Å². The minimum Gasteiger partial charge on any atom is -0.484 e. The van der Waals surface area contributed by atoms with Crippen molar-refractivity contribution in [2.75, 3.05) is 13.7 Å². The highest BCUT2D eigenvalue weighted by Crippen LogP contribution is 2.22. The third kappa shape index (κ3) is 4.21. The molecule has 0 aliphatic carbocycles. The summed E-state index contributed by atoms with van der Waals surface area (Å²) >= 11 is 0. The quantitative estimate of drug-likeness (QED) is 0.905. The lowest BCUT2D eigenvalue weighted by Gasteiger charge is -2.07. The normalized spacial score (nSPS) is 9.52. The maximum Gasteiger partial charge on any atom is 0.257 e. The van der Waals surface area contributed by atoms with Gasteiger partial charge in [0.15, 0.2) is 6.61 Å². The van der Waals surface area contributed by atoms with Crippen LogP contribution in [0.5, 0.6) is 17.4 Å². The second-order valence-corrected chi connectivity index (χ2v) is 4.01. The van der Waals surface area contributed by atoms with Crippen LogP contribution in [0.15, 0.2) is 42.5 Å². The van der Waals surface area contributed by atoms with E-state index in [1.807, 2.05) is 6.07 Å². The Labute approximate surface area is 121 Å². The molecule has 1 aromatic carbocycles. The van der Waals surface area contributed by atoms with E-state index in [0.29, 0.717) is 17.4 Å². The summed E-state index contributed by atoms with van der Waals surface area (Å²) in [4.78, 5) is 15.1. The molecule has 0 aliphatic rings. The number of hydrogen-bond donors (Lipinski definition) is 1. The van der Waals surface area contributed by atoms with Gasteiger partial charge in [-0.2, -0.15) is 5.26 Å². The Bertz CT molecular complexity index is 663. The summed E-state index contributed by atoms with van der Waals surface area (Å²) in [6.45, 7) is -0.0392. The third-order valence-electron chi connectivity index (χ3n) is 2.53. The van der Waals surface area contributed by atoms with Crippen molar-refractivity contribution in [2.24, 2.45) is 0 Å². The fourth-order valence-electron chi connectivity index (χ4n) is 1.48. The van der Waals surface area contributed by atoms with Gasteiger partial charge in [0.1, 0.15) is 23.3 Å². The van der Waals surface area contributed by atoms with Gasteiger partial charge in [-0.1, -0.05) is 6.07 Å². The number of benzene rings is 1. The van der Waals surface area contributed by atoms with Gasteiger partial charge in [-0.25, -0.2) is 4.98 Å². The highest BCUT2D eigenvalue weighted by molar-refractivity contribution is 5.77. The molecule has 6 heteroatoms. The van der Waals surface area contributed by atoms with Crippen molar-refractivity contribution >= 4 is 5.91 Å². The molecule has 2 rings (SSSR count). The Morgan fingerprint density at radius 2 is 1.95 bits per heavy atom. The van der Waals surface area contributed by atoms with Gasteiger partial charge in [-0.15, -0.1) is 0 Å². The van der Waals surface area contributed by atoms with E-state index in [1.54, 1.807) is 49.5 Å². The molecule has 0 saturated heterocycles. The Kier molecular flexibility index (Phi) is 4.72. The highest BCUT2D eigenvalue weighted by Gasteiger charge is 2.03. The van der Waals surface area contributed by atoms with E-state index in [-0.39, 0.29) is 18.2 Å². The molecule has 1 heterocycles. The lowest BCUT2D eigenvalue weighted by Crippen LogP contribution is -2.24. The van der Waals surface area contributed by atoms with E-state index in [4.69, 9.17) is 14.7 Å². The van der Waals surface area contributed by atoms with Gasteiger partial charge in [0.25, 0.3) is 5.91 Å². The molecular formula is C15H13N3O3. The van der Waals surface area contributed by atoms with Gasteiger partial charge in [0, 0.05) is 13.1 Å². The van der Waals surface area contributed by atoms with Crippen LogP contribution in [0.1, 0.15) is 5.69 Å². The molecule has 2 aromatic rings. The van der Waals surface area contributed by atoms with Gasteiger partial charge in [-0.05, 0) is 30.3 Å². The number of carbonyl (C=O) groups is 1. The lowest BCUT2D eigenvalue weighted by molar-refractivity contribution is -0.122. The van der Waals surface area contributed by atoms with Crippen molar-refractivity contribution in [2.45, 2.75) is 0 Å². The number of amides is 1. The van der Waals surface area contributed by atoms with Gasteiger partial charge in [0.05, 0.1) is 0 Å². The van der Waals surface area contributed by atoms with Crippen LogP contribution in [0.2, 0.25) is 0 Å². The van der Waals surface area contributed by atoms with Crippen LogP contribution < -0.4 is 14.8 Å². The van der Waals surface area contributed by atoms with E-state index in [2.05, 4.69) is 10.3 Å². The number of ether oxygens (including phenoxy) is 2. The number of hydrogen-bond acceptors (Lipinski definition) is 5. The summed E-state index contributed by atoms with van der Waals surface area (Å²) in [7, 11) is 1.55.